The molecule has 0 saturated heterocycles. The Kier molecular flexibility index (Phi) is 6.70. The normalized spacial score (nSPS) is 12.6. The van der Waals surface area contributed by atoms with Crippen molar-refractivity contribution in [2.24, 2.45) is 0 Å². The quantitative estimate of drug-likeness (QED) is 0.562. The molecule has 0 aliphatic rings. The Bertz CT molecular complexity index is 124. The van der Waals surface area contributed by atoms with Crippen molar-refractivity contribution >= 4 is 5.97 Å². The monoisotopic (exact) mass is 176 g/mol. The lowest BCUT2D eigenvalue weighted by atomic mass is 10.1. The fourth-order valence-electron chi connectivity index (χ4n) is 0.877. The summed E-state index contributed by atoms with van der Waals surface area (Å²) in [4.78, 5) is 10.6. The van der Waals surface area contributed by atoms with Crippen LogP contribution in [-0.4, -0.2) is 36.0 Å². The molecule has 0 rings (SSSR count). The van der Waals surface area contributed by atoms with Crippen molar-refractivity contribution in [2.75, 3.05) is 13.7 Å². The van der Waals surface area contributed by atoms with E-state index in [0.717, 1.165) is 0 Å². The van der Waals surface area contributed by atoms with Gasteiger partial charge >= 0.3 is 5.97 Å². The highest BCUT2D eigenvalue weighted by atomic mass is 16.5. The van der Waals surface area contributed by atoms with Crippen molar-refractivity contribution < 1.29 is 19.7 Å². The van der Waals surface area contributed by atoms with Crippen LogP contribution in [0, 0.1) is 0 Å². The highest BCUT2D eigenvalue weighted by Crippen LogP contribution is 2.04. The smallest absolute Gasteiger partial charge is 0.305 e. The number of rotatable bonds is 6. The van der Waals surface area contributed by atoms with Gasteiger partial charge in [0.05, 0.1) is 13.2 Å². The zero-order chi connectivity index (χ0) is 9.40. The highest BCUT2D eigenvalue weighted by Gasteiger charge is 2.05. The van der Waals surface area contributed by atoms with Gasteiger partial charge in [0, 0.05) is 13.0 Å². The highest BCUT2D eigenvalue weighted by molar-refractivity contribution is 5.68. The minimum absolute atomic E-state index is 0.0145. The zero-order valence-corrected chi connectivity index (χ0v) is 7.32. The van der Waals surface area contributed by atoms with Crippen LogP contribution in [0.1, 0.15) is 25.7 Å². The molecule has 0 aromatic heterocycles. The Balaban J connectivity index is 3.24. The number of hydrogen-bond donors (Lipinski definition) is 2. The van der Waals surface area contributed by atoms with Crippen LogP contribution in [-0.2, 0) is 9.53 Å². The van der Waals surface area contributed by atoms with Gasteiger partial charge in [-0.3, -0.25) is 4.79 Å². The molecule has 1 atom stereocenters. The SMILES string of the molecule is COC(=O)CCCC(O)CCO. The molecule has 0 aliphatic heterocycles. The second-order valence-electron chi connectivity index (χ2n) is 2.63. The third-order valence-electron chi connectivity index (χ3n) is 1.61. The maximum Gasteiger partial charge on any atom is 0.305 e. The molecule has 4 heteroatoms. The number of esters is 1. The topological polar surface area (TPSA) is 66.8 Å². The molecule has 72 valence electrons. The predicted molar refractivity (Wildman–Crippen MR) is 43.6 cm³/mol. The number of aliphatic hydroxyl groups is 2. The average molecular weight is 176 g/mol. The van der Waals surface area contributed by atoms with Crippen LogP contribution in [0.25, 0.3) is 0 Å². The molecule has 0 radical (unpaired) electrons. The number of carbonyl (C=O) groups is 1. The van der Waals surface area contributed by atoms with Crippen molar-refractivity contribution in [3.8, 4) is 0 Å². The molecule has 4 nitrogen and oxygen atoms in total. The van der Waals surface area contributed by atoms with E-state index in [9.17, 15) is 4.79 Å². The Morgan fingerprint density at radius 3 is 2.67 bits per heavy atom. The molecule has 0 fully saturated rings. The van der Waals surface area contributed by atoms with Gasteiger partial charge in [-0.2, -0.15) is 0 Å². The third-order valence-corrected chi connectivity index (χ3v) is 1.61. The van der Waals surface area contributed by atoms with Crippen LogP contribution in [0.3, 0.4) is 0 Å². The molecule has 0 aromatic carbocycles. The third kappa shape index (κ3) is 6.12. The van der Waals surface area contributed by atoms with Gasteiger partial charge in [-0.05, 0) is 19.3 Å². The van der Waals surface area contributed by atoms with Crippen LogP contribution in [0.2, 0.25) is 0 Å². The van der Waals surface area contributed by atoms with Crippen molar-refractivity contribution in [3.05, 3.63) is 0 Å². The standard InChI is InChI=1S/C8H16O4/c1-12-8(11)4-2-3-7(10)5-6-9/h7,9-10H,2-6H2,1H3. The maximum absolute atomic E-state index is 10.6. The van der Waals surface area contributed by atoms with E-state index in [2.05, 4.69) is 4.74 Å². The molecule has 1 unspecified atom stereocenters. The van der Waals surface area contributed by atoms with Gasteiger partial charge in [-0.15, -0.1) is 0 Å². The fourth-order valence-corrected chi connectivity index (χ4v) is 0.877. The summed E-state index contributed by atoms with van der Waals surface area (Å²) >= 11 is 0. The molecule has 2 N–H and O–H groups in total. The summed E-state index contributed by atoms with van der Waals surface area (Å²) in [6.07, 6.45) is 1.35. The molecular weight excluding hydrogens is 160 g/mol. The lowest BCUT2D eigenvalue weighted by Crippen LogP contribution is -2.09. The van der Waals surface area contributed by atoms with Gasteiger partial charge in [0.15, 0.2) is 0 Å². The molecule has 0 bridgehead atoms. The van der Waals surface area contributed by atoms with E-state index < -0.39 is 6.10 Å². The lowest BCUT2D eigenvalue weighted by molar-refractivity contribution is -0.140. The van der Waals surface area contributed by atoms with E-state index in [1.165, 1.54) is 7.11 Å². The van der Waals surface area contributed by atoms with E-state index >= 15 is 0 Å². The first-order valence-electron chi connectivity index (χ1n) is 4.06. The molecule has 12 heavy (non-hydrogen) atoms. The average Bonchev–Trinajstić information content (AvgIpc) is 2.04. The second-order valence-corrected chi connectivity index (χ2v) is 2.63. The minimum Gasteiger partial charge on any atom is -0.469 e. The van der Waals surface area contributed by atoms with Crippen LogP contribution < -0.4 is 0 Å². The molecule has 0 saturated carbocycles. The van der Waals surface area contributed by atoms with Crippen molar-refractivity contribution in [3.63, 3.8) is 0 Å². The first kappa shape index (κ1) is 11.4. The van der Waals surface area contributed by atoms with Crippen molar-refractivity contribution in [2.45, 2.75) is 31.8 Å². The summed E-state index contributed by atoms with van der Waals surface area (Å²) in [6, 6.07) is 0. The van der Waals surface area contributed by atoms with Gasteiger partial charge in [0.25, 0.3) is 0 Å². The van der Waals surface area contributed by atoms with E-state index in [-0.39, 0.29) is 12.6 Å². The first-order chi connectivity index (χ1) is 5.70. The summed E-state index contributed by atoms with van der Waals surface area (Å²) in [6.45, 7) is -0.0145. The van der Waals surface area contributed by atoms with Crippen LogP contribution in [0.5, 0.6) is 0 Å². The van der Waals surface area contributed by atoms with Gasteiger partial charge < -0.3 is 14.9 Å². The molecular formula is C8H16O4. The Hall–Kier alpha value is -0.610. The van der Waals surface area contributed by atoms with E-state index in [1.54, 1.807) is 0 Å². The van der Waals surface area contributed by atoms with E-state index in [4.69, 9.17) is 10.2 Å². The summed E-state index contributed by atoms with van der Waals surface area (Å²) < 4.78 is 4.42. The summed E-state index contributed by atoms with van der Waals surface area (Å²) in [7, 11) is 1.34. The van der Waals surface area contributed by atoms with Gasteiger partial charge in [-0.1, -0.05) is 0 Å². The Morgan fingerprint density at radius 2 is 2.17 bits per heavy atom. The molecule has 0 heterocycles. The number of hydrogen-bond acceptors (Lipinski definition) is 4. The van der Waals surface area contributed by atoms with E-state index in [0.29, 0.717) is 25.7 Å². The van der Waals surface area contributed by atoms with Crippen molar-refractivity contribution in [1.82, 2.24) is 0 Å². The summed E-state index contributed by atoms with van der Waals surface area (Å²) in [5.74, 6) is -0.258. The molecule has 0 spiro atoms. The Morgan fingerprint density at radius 1 is 1.50 bits per heavy atom. The zero-order valence-electron chi connectivity index (χ0n) is 7.32. The van der Waals surface area contributed by atoms with Crippen LogP contribution in [0.4, 0.5) is 0 Å². The largest absolute Gasteiger partial charge is 0.469 e. The van der Waals surface area contributed by atoms with Crippen molar-refractivity contribution in [1.29, 1.82) is 0 Å². The maximum atomic E-state index is 10.6. The molecule has 0 amide bonds. The van der Waals surface area contributed by atoms with Gasteiger partial charge in [-0.25, -0.2) is 0 Å². The summed E-state index contributed by atoms with van der Waals surface area (Å²) in [5.41, 5.74) is 0. The molecule has 0 aromatic rings. The minimum atomic E-state index is -0.500. The predicted octanol–water partition coefficient (Wildman–Crippen LogP) is 0.0730. The number of aliphatic hydroxyl groups excluding tert-OH is 2. The number of carbonyl (C=O) groups excluding carboxylic acids is 1. The first-order valence-corrected chi connectivity index (χ1v) is 4.06. The van der Waals surface area contributed by atoms with Gasteiger partial charge in [0.1, 0.15) is 0 Å². The van der Waals surface area contributed by atoms with Crippen LogP contribution in [0.15, 0.2) is 0 Å². The van der Waals surface area contributed by atoms with Gasteiger partial charge in [0.2, 0.25) is 0 Å². The Labute approximate surface area is 72.2 Å². The van der Waals surface area contributed by atoms with E-state index in [1.807, 2.05) is 0 Å². The lowest BCUT2D eigenvalue weighted by Gasteiger charge is -2.06. The summed E-state index contributed by atoms with van der Waals surface area (Å²) in [5, 5.41) is 17.6. The fraction of sp³-hybridized carbons (Fsp3) is 0.875. The molecule has 0 aliphatic carbocycles. The number of ether oxygens (including phenoxy) is 1. The number of methoxy groups -OCH3 is 1. The van der Waals surface area contributed by atoms with Crippen LogP contribution >= 0.6 is 0 Å². The second kappa shape index (κ2) is 7.06.